The predicted octanol–water partition coefficient (Wildman–Crippen LogP) is 11.3. The summed E-state index contributed by atoms with van der Waals surface area (Å²) in [7, 11) is 0. The van der Waals surface area contributed by atoms with Gasteiger partial charge in [0.2, 0.25) is 0 Å². The molecule has 2 unspecified atom stereocenters. The van der Waals surface area contributed by atoms with Gasteiger partial charge in [-0.1, -0.05) is 164 Å². The van der Waals surface area contributed by atoms with E-state index in [-0.39, 0.29) is 30.2 Å². The van der Waals surface area contributed by atoms with Gasteiger partial charge < -0.3 is 24.8 Å². The predicted molar refractivity (Wildman–Crippen MR) is 255 cm³/mol. The minimum absolute atomic E-state index is 0. The van der Waals surface area contributed by atoms with Crippen molar-refractivity contribution in [2.75, 3.05) is 0 Å². The standard InChI is InChI=1S/2C26H31.C4H10Si.2ClH.Zr/c2*1-3-19(2)22-12-14-23(15-13-22)25-11-7-10-24-17-21(18-26(24)25)16-20-8-5-4-6-9-20;1-3-4-5-2;;;/h2*7,10-15,17-20H,3-6,8-9,16H2,1-2H3;3-4H2,1-2H3;2*1H;/q2*-1;;;;+2/p-2. The summed E-state index contributed by atoms with van der Waals surface area (Å²) in [6, 6.07) is 43.3. The summed E-state index contributed by atoms with van der Waals surface area (Å²) in [6.07, 6.45) is 20.6. The SMILES string of the molecule is CCC(C)c1ccc(-c2cccc3[cH-]c(CC4CCCCC4)cc23)cc1.CCC(C)c1ccc(-c2cccc3[cH-]c(CC4CCCCC4)cc23)cc1.CCC[Si](C)=[Zr+2].[Cl-].[Cl-]. The Kier molecular flexibility index (Phi) is 21.7. The van der Waals surface area contributed by atoms with E-state index in [4.69, 9.17) is 0 Å². The normalized spacial score (nSPS) is 15.5. The molecule has 6 aromatic carbocycles. The first-order chi connectivity index (χ1) is 28.3. The zero-order chi connectivity index (χ0) is 40.9. The van der Waals surface area contributed by atoms with Crippen LogP contribution in [0.5, 0.6) is 0 Å². The van der Waals surface area contributed by atoms with Crippen molar-refractivity contribution in [3.8, 4) is 22.3 Å². The minimum atomic E-state index is 0. The first-order valence-electron chi connectivity index (χ1n) is 23.4. The van der Waals surface area contributed by atoms with Crippen molar-refractivity contribution >= 4 is 27.0 Å². The van der Waals surface area contributed by atoms with Gasteiger partial charge in [0.25, 0.3) is 0 Å². The van der Waals surface area contributed by atoms with Crippen LogP contribution in [0, 0.1) is 11.8 Å². The van der Waals surface area contributed by atoms with Crippen molar-refractivity contribution < 1.29 is 48.1 Å². The maximum Gasteiger partial charge on any atom is -1.00 e. The summed E-state index contributed by atoms with van der Waals surface area (Å²) in [6.45, 7) is 13.8. The van der Waals surface area contributed by atoms with Gasteiger partial charge in [-0.3, -0.25) is 0 Å². The van der Waals surface area contributed by atoms with Crippen LogP contribution in [0.3, 0.4) is 0 Å². The van der Waals surface area contributed by atoms with E-state index in [1.54, 1.807) is 23.3 Å². The van der Waals surface area contributed by atoms with Crippen LogP contribution in [0.4, 0.5) is 0 Å². The molecule has 4 heteroatoms. The van der Waals surface area contributed by atoms with Crippen LogP contribution in [0.15, 0.2) is 109 Å². The molecule has 2 aliphatic rings. The topological polar surface area (TPSA) is 0 Å². The fourth-order valence-electron chi connectivity index (χ4n) is 9.61. The van der Waals surface area contributed by atoms with Gasteiger partial charge in [-0.25, -0.2) is 0 Å². The smallest absolute Gasteiger partial charge is 1.00 e. The minimum Gasteiger partial charge on any atom is -1.00 e. The fraction of sp³-hybridized carbons (Fsp3) is 0.464. The molecule has 6 aromatic rings. The van der Waals surface area contributed by atoms with E-state index >= 15 is 0 Å². The van der Waals surface area contributed by atoms with E-state index in [9.17, 15) is 0 Å². The van der Waals surface area contributed by atoms with Crippen LogP contribution in [0.1, 0.15) is 152 Å². The number of rotatable bonds is 12. The zero-order valence-electron chi connectivity index (χ0n) is 37.8. The zero-order valence-corrected chi connectivity index (χ0v) is 42.7. The molecule has 0 spiro atoms. The molecule has 0 radical (unpaired) electrons. The van der Waals surface area contributed by atoms with Gasteiger partial charge in [-0.05, 0) is 71.6 Å². The number of hydrogen-bond donors (Lipinski definition) is 0. The molecule has 0 aromatic heterocycles. The third-order valence-electron chi connectivity index (χ3n) is 13.6. The molecule has 2 saturated carbocycles. The Balaban J connectivity index is 0.000000227. The van der Waals surface area contributed by atoms with E-state index in [0.29, 0.717) is 11.8 Å². The molecule has 60 heavy (non-hydrogen) atoms. The van der Waals surface area contributed by atoms with Gasteiger partial charge in [0.05, 0.1) is 0 Å². The molecule has 2 aliphatic carbocycles. The van der Waals surface area contributed by atoms with Crippen molar-refractivity contribution in [2.45, 2.75) is 155 Å². The average molecular weight is 935 g/mol. The molecule has 320 valence electrons. The molecular weight excluding hydrogens is 863 g/mol. The van der Waals surface area contributed by atoms with Gasteiger partial charge in [0.1, 0.15) is 0 Å². The Labute approximate surface area is 393 Å². The fourth-order valence-corrected chi connectivity index (χ4v) is 12.2. The third kappa shape index (κ3) is 14.1. The van der Waals surface area contributed by atoms with Crippen LogP contribution in [0.2, 0.25) is 12.6 Å². The Morgan fingerprint density at radius 1 is 0.567 bits per heavy atom. The third-order valence-corrected chi connectivity index (χ3v) is 16.6. The summed E-state index contributed by atoms with van der Waals surface area (Å²) < 4.78 is 0. The average Bonchev–Trinajstić information content (AvgIpc) is 3.87. The van der Waals surface area contributed by atoms with E-state index in [0.717, 1.165) is 11.8 Å². The molecule has 8 rings (SSSR count). The van der Waals surface area contributed by atoms with Gasteiger partial charge in [0.15, 0.2) is 0 Å². The van der Waals surface area contributed by atoms with Crippen molar-refractivity contribution in [1.29, 1.82) is 0 Å². The molecule has 0 N–H and O–H groups in total. The Bertz CT molecular complexity index is 2000. The maximum atomic E-state index is 2.46. The van der Waals surface area contributed by atoms with Crippen molar-refractivity contribution in [1.82, 2.24) is 0 Å². The van der Waals surface area contributed by atoms with Gasteiger partial charge in [-0.2, -0.15) is 12.1 Å². The van der Waals surface area contributed by atoms with Crippen LogP contribution in [0.25, 0.3) is 43.8 Å². The largest absolute Gasteiger partial charge is 1.00 e. The van der Waals surface area contributed by atoms with Crippen molar-refractivity contribution in [3.63, 3.8) is 0 Å². The van der Waals surface area contributed by atoms with Crippen LogP contribution in [-0.4, -0.2) is 5.43 Å². The van der Waals surface area contributed by atoms with Crippen molar-refractivity contribution in [3.05, 3.63) is 131 Å². The van der Waals surface area contributed by atoms with Crippen LogP contribution in [-0.2, 0) is 36.2 Å². The first kappa shape index (κ1) is 50.4. The number of fused-ring (bicyclic) bond motifs is 2. The summed E-state index contributed by atoms with van der Waals surface area (Å²) >= 11 is 1.79. The maximum absolute atomic E-state index is 2.46. The molecule has 2 fully saturated rings. The molecule has 0 heterocycles. The summed E-state index contributed by atoms with van der Waals surface area (Å²) in [5.41, 5.74) is 11.6. The number of benzene rings is 4. The van der Waals surface area contributed by atoms with E-state index < -0.39 is 0 Å². The number of halogens is 2. The van der Waals surface area contributed by atoms with E-state index in [1.165, 1.54) is 168 Å². The molecular formula is C56H72Cl2SiZr-2. The van der Waals surface area contributed by atoms with E-state index in [2.05, 4.69) is 150 Å². The van der Waals surface area contributed by atoms with Crippen molar-refractivity contribution in [2.24, 2.45) is 11.8 Å². The van der Waals surface area contributed by atoms with Crippen LogP contribution < -0.4 is 24.8 Å². The van der Waals surface area contributed by atoms with Crippen LogP contribution >= 0.6 is 0 Å². The Hall–Kier alpha value is -2.22. The second-order valence-corrected chi connectivity index (χ2v) is 26.5. The molecule has 0 nitrogen and oxygen atoms in total. The number of hydrogen-bond acceptors (Lipinski definition) is 0. The summed E-state index contributed by atoms with van der Waals surface area (Å²) in [5.74, 6) is 3.08. The second kappa shape index (κ2) is 25.8. The monoisotopic (exact) mass is 932 g/mol. The molecule has 0 amide bonds. The van der Waals surface area contributed by atoms with E-state index in [1.807, 2.05) is 0 Å². The Morgan fingerprint density at radius 3 is 1.27 bits per heavy atom. The van der Waals surface area contributed by atoms with Gasteiger partial charge in [0, 0.05) is 0 Å². The summed E-state index contributed by atoms with van der Waals surface area (Å²) in [5, 5.41) is 5.66. The van der Waals surface area contributed by atoms with Gasteiger partial charge >= 0.3 is 54.7 Å². The van der Waals surface area contributed by atoms with Gasteiger partial charge in [-0.15, -0.1) is 69.1 Å². The first-order valence-corrected chi connectivity index (χ1v) is 29.3. The Morgan fingerprint density at radius 2 is 0.950 bits per heavy atom. The molecule has 0 aliphatic heterocycles. The second-order valence-electron chi connectivity index (χ2n) is 18.2. The summed E-state index contributed by atoms with van der Waals surface area (Å²) in [4.78, 5) is 0. The quantitative estimate of drug-likeness (QED) is 0.0847. The molecule has 0 saturated heterocycles. The molecule has 2 atom stereocenters. The molecule has 0 bridgehead atoms.